The van der Waals surface area contributed by atoms with Crippen molar-refractivity contribution in [3.05, 3.63) is 88.4 Å². The molecule has 7 nitrogen and oxygen atoms in total. The molecule has 0 aromatic heterocycles. The molecular weight excluding hydrogens is 464 g/mol. The van der Waals surface area contributed by atoms with Crippen LogP contribution < -0.4 is 19.6 Å². The number of hydrogen-bond acceptors (Lipinski definition) is 6. The van der Waals surface area contributed by atoms with Gasteiger partial charge in [-0.2, -0.15) is 5.10 Å². The first-order chi connectivity index (χ1) is 15.1. The number of carbonyl (C=O) groups is 2. The number of benzene rings is 3. The first-order valence-electron chi connectivity index (χ1n) is 9.38. The Bertz CT molecular complexity index is 1130. The quantitative estimate of drug-likeness (QED) is 0.258. The maximum atomic E-state index is 12.2. The molecule has 1 atom stereocenters. The maximum Gasteiger partial charge on any atom is 0.343 e. The van der Waals surface area contributed by atoms with Crippen molar-refractivity contribution in [3.8, 4) is 17.2 Å². The van der Waals surface area contributed by atoms with Crippen molar-refractivity contribution in [3.63, 3.8) is 0 Å². The number of para-hydroxylation sites is 2. The normalized spacial score (nSPS) is 14.8. The average molecular weight is 481 g/mol. The lowest BCUT2D eigenvalue weighted by atomic mass is 10.2. The molecule has 4 rings (SSSR count). The lowest BCUT2D eigenvalue weighted by molar-refractivity contribution is -0.130. The molecule has 156 valence electrons. The summed E-state index contributed by atoms with van der Waals surface area (Å²) < 4.78 is 17.3. The van der Waals surface area contributed by atoms with Crippen LogP contribution in [0.2, 0.25) is 0 Å². The Morgan fingerprint density at radius 2 is 1.81 bits per heavy atom. The summed E-state index contributed by atoms with van der Waals surface area (Å²) >= 11 is 3.33. The zero-order valence-corrected chi connectivity index (χ0v) is 17.7. The van der Waals surface area contributed by atoms with E-state index in [1.807, 2.05) is 12.1 Å². The summed E-state index contributed by atoms with van der Waals surface area (Å²) in [4.78, 5) is 24.4. The number of fused-ring (bicyclic) bond motifs is 1. The Morgan fingerprint density at radius 3 is 2.58 bits per heavy atom. The molecule has 3 aromatic rings. The standard InChI is InChI=1S/C23H17BrN2O5/c24-17-5-3-4-16(12-17)23(28)30-18-10-8-15(9-11-18)13-25-26-22(27)21-14-29-19-6-1-2-7-20(19)31-21/h1-13,21H,14H2,(H,26,27)/b25-13+. The Labute approximate surface area is 186 Å². The topological polar surface area (TPSA) is 86.2 Å². The fourth-order valence-corrected chi connectivity index (χ4v) is 3.19. The summed E-state index contributed by atoms with van der Waals surface area (Å²) in [5.74, 6) is 0.663. The number of hydrazone groups is 1. The Morgan fingerprint density at radius 1 is 1.03 bits per heavy atom. The smallest absolute Gasteiger partial charge is 0.343 e. The molecule has 8 heteroatoms. The zero-order valence-electron chi connectivity index (χ0n) is 16.2. The molecule has 3 aromatic carbocycles. The van der Waals surface area contributed by atoms with Crippen LogP contribution in [0.1, 0.15) is 15.9 Å². The number of ether oxygens (including phenoxy) is 3. The summed E-state index contributed by atoms with van der Waals surface area (Å²) in [6.07, 6.45) is 0.696. The number of nitrogens with one attached hydrogen (secondary N) is 1. The average Bonchev–Trinajstić information content (AvgIpc) is 2.80. The SMILES string of the molecule is O=C(Oc1ccc(/C=N/NC(=O)C2COc3ccccc3O2)cc1)c1cccc(Br)c1. The second-order valence-corrected chi connectivity index (χ2v) is 7.48. The molecule has 1 unspecified atom stereocenters. The molecule has 0 spiro atoms. The zero-order chi connectivity index (χ0) is 21.6. The van der Waals surface area contributed by atoms with Gasteiger partial charge in [0.1, 0.15) is 12.4 Å². The van der Waals surface area contributed by atoms with Crippen molar-refractivity contribution in [1.82, 2.24) is 5.43 Å². The summed E-state index contributed by atoms with van der Waals surface area (Å²) in [7, 11) is 0. The third-order valence-electron chi connectivity index (χ3n) is 4.34. The minimum absolute atomic E-state index is 0.108. The van der Waals surface area contributed by atoms with Crippen LogP contribution in [0.15, 0.2) is 82.4 Å². The van der Waals surface area contributed by atoms with Gasteiger partial charge in [-0.1, -0.05) is 34.1 Å². The van der Waals surface area contributed by atoms with Crippen molar-refractivity contribution < 1.29 is 23.8 Å². The molecule has 31 heavy (non-hydrogen) atoms. The Hall–Kier alpha value is -3.65. The van der Waals surface area contributed by atoms with Crippen LogP contribution in [0.5, 0.6) is 17.2 Å². The van der Waals surface area contributed by atoms with Gasteiger partial charge in [0.15, 0.2) is 11.5 Å². The van der Waals surface area contributed by atoms with Gasteiger partial charge in [0.2, 0.25) is 6.10 Å². The molecular formula is C23H17BrN2O5. The highest BCUT2D eigenvalue weighted by Crippen LogP contribution is 2.30. The molecule has 0 aliphatic carbocycles. The van der Waals surface area contributed by atoms with Crippen molar-refractivity contribution in [2.45, 2.75) is 6.10 Å². The van der Waals surface area contributed by atoms with E-state index in [-0.39, 0.29) is 6.61 Å². The van der Waals surface area contributed by atoms with Gasteiger partial charge in [0.05, 0.1) is 11.8 Å². The number of amides is 1. The third-order valence-corrected chi connectivity index (χ3v) is 4.83. The van der Waals surface area contributed by atoms with Crippen LogP contribution in [0.4, 0.5) is 0 Å². The van der Waals surface area contributed by atoms with E-state index in [9.17, 15) is 9.59 Å². The van der Waals surface area contributed by atoms with Crippen molar-refractivity contribution >= 4 is 34.0 Å². The highest BCUT2D eigenvalue weighted by atomic mass is 79.9. The number of rotatable bonds is 5. The monoisotopic (exact) mass is 480 g/mol. The summed E-state index contributed by atoms with van der Waals surface area (Å²) in [6.45, 7) is 0.108. The predicted molar refractivity (Wildman–Crippen MR) is 118 cm³/mol. The van der Waals surface area contributed by atoms with Gasteiger partial charge in [-0.25, -0.2) is 10.2 Å². The van der Waals surface area contributed by atoms with Crippen LogP contribution >= 0.6 is 15.9 Å². The third kappa shape index (κ3) is 5.29. The summed E-state index contributed by atoms with van der Waals surface area (Å²) in [6, 6.07) is 20.8. The van der Waals surface area contributed by atoms with E-state index >= 15 is 0 Å². The molecule has 1 aliphatic rings. The van der Waals surface area contributed by atoms with Crippen molar-refractivity contribution in [2.24, 2.45) is 5.10 Å². The van der Waals surface area contributed by atoms with E-state index in [2.05, 4.69) is 26.5 Å². The van der Waals surface area contributed by atoms with E-state index in [1.54, 1.807) is 60.7 Å². The highest BCUT2D eigenvalue weighted by molar-refractivity contribution is 9.10. The van der Waals surface area contributed by atoms with E-state index in [0.29, 0.717) is 28.4 Å². The van der Waals surface area contributed by atoms with E-state index < -0.39 is 18.0 Å². The van der Waals surface area contributed by atoms with Gasteiger partial charge in [0, 0.05) is 4.47 Å². The number of halogens is 1. The van der Waals surface area contributed by atoms with Crippen molar-refractivity contribution in [2.75, 3.05) is 6.61 Å². The van der Waals surface area contributed by atoms with Crippen LogP contribution in [0.25, 0.3) is 0 Å². The van der Waals surface area contributed by atoms with Crippen molar-refractivity contribution in [1.29, 1.82) is 0 Å². The summed E-state index contributed by atoms with van der Waals surface area (Å²) in [5.41, 5.74) is 3.60. The maximum absolute atomic E-state index is 12.2. The fraction of sp³-hybridized carbons (Fsp3) is 0.0870. The van der Waals surface area contributed by atoms with Crippen LogP contribution in [0, 0.1) is 0 Å². The van der Waals surface area contributed by atoms with Gasteiger partial charge in [0.25, 0.3) is 5.91 Å². The molecule has 0 bridgehead atoms. The Balaban J connectivity index is 1.30. The molecule has 0 saturated heterocycles. The summed E-state index contributed by atoms with van der Waals surface area (Å²) in [5, 5.41) is 3.95. The molecule has 1 amide bonds. The highest BCUT2D eigenvalue weighted by Gasteiger charge is 2.26. The van der Waals surface area contributed by atoms with Gasteiger partial charge in [-0.3, -0.25) is 4.79 Å². The molecule has 1 heterocycles. The lowest BCUT2D eigenvalue weighted by Gasteiger charge is -2.24. The predicted octanol–water partition coefficient (Wildman–Crippen LogP) is 3.96. The second-order valence-electron chi connectivity index (χ2n) is 6.57. The number of esters is 1. The minimum Gasteiger partial charge on any atom is -0.485 e. The van der Waals surface area contributed by atoms with Crippen LogP contribution in [-0.2, 0) is 4.79 Å². The van der Waals surface area contributed by atoms with E-state index in [0.717, 1.165) is 4.47 Å². The molecule has 0 saturated carbocycles. The lowest BCUT2D eigenvalue weighted by Crippen LogP contribution is -2.42. The molecule has 0 fully saturated rings. The molecule has 1 aliphatic heterocycles. The van der Waals surface area contributed by atoms with Gasteiger partial charge in [-0.05, 0) is 60.2 Å². The first kappa shape index (κ1) is 20.6. The van der Waals surface area contributed by atoms with Crippen LogP contribution in [-0.4, -0.2) is 30.8 Å². The first-order valence-corrected chi connectivity index (χ1v) is 10.2. The molecule has 0 radical (unpaired) electrons. The fourth-order valence-electron chi connectivity index (χ4n) is 2.79. The number of carbonyl (C=O) groups excluding carboxylic acids is 2. The van der Waals surface area contributed by atoms with E-state index in [4.69, 9.17) is 14.2 Å². The largest absolute Gasteiger partial charge is 0.485 e. The minimum atomic E-state index is -0.785. The van der Waals surface area contributed by atoms with Crippen LogP contribution in [0.3, 0.4) is 0 Å². The van der Waals surface area contributed by atoms with E-state index in [1.165, 1.54) is 6.21 Å². The number of nitrogens with zero attached hydrogens (tertiary/aromatic N) is 1. The van der Waals surface area contributed by atoms with Gasteiger partial charge < -0.3 is 14.2 Å². The molecule has 1 N–H and O–H groups in total. The Kier molecular flexibility index (Phi) is 6.28. The number of hydrogen-bond donors (Lipinski definition) is 1. The van der Waals surface area contributed by atoms with Gasteiger partial charge in [-0.15, -0.1) is 0 Å². The second kappa shape index (κ2) is 9.44. The van der Waals surface area contributed by atoms with Gasteiger partial charge >= 0.3 is 5.97 Å².